The number of piperazine rings is 1. The molecule has 0 radical (unpaired) electrons. The molecule has 0 aromatic heterocycles. The predicted molar refractivity (Wildman–Crippen MR) is 96.2 cm³/mol. The van der Waals surface area contributed by atoms with Crippen molar-refractivity contribution >= 4 is 26.1 Å². The van der Waals surface area contributed by atoms with Crippen LogP contribution < -0.4 is 0 Å². The highest BCUT2D eigenvalue weighted by atomic mass is 32.2. The average molecular weight is 373 g/mol. The number of sulfonamides is 2. The van der Waals surface area contributed by atoms with Gasteiger partial charge >= 0.3 is 0 Å². The SMILES string of the molecule is CCCCS(=O)(=O)N1CCN(S(=O)(=O)/C=C/c2ccccc2)CC1. The van der Waals surface area contributed by atoms with Crippen LogP contribution in [-0.2, 0) is 20.0 Å². The van der Waals surface area contributed by atoms with Crippen LogP contribution in [0.2, 0.25) is 0 Å². The third kappa shape index (κ3) is 5.14. The highest BCUT2D eigenvalue weighted by Gasteiger charge is 2.30. The highest BCUT2D eigenvalue weighted by molar-refractivity contribution is 7.92. The van der Waals surface area contributed by atoms with Gasteiger partial charge in [-0.1, -0.05) is 43.7 Å². The van der Waals surface area contributed by atoms with Crippen molar-refractivity contribution in [3.05, 3.63) is 41.3 Å². The smallest absolute Gasteiger partial charge is 0.212 e. The van der Waals surface area contributed by atoms with Crippen LogP contribution in [0.25, 0.3) is 6.08 Å². The molecule has 134 valence electrons. The summed E-state index contributed by atoms with van der Waals surface area (Å²) in [5.41, 5.74) is 0.807. The summed E-state index contributed by atoms with van der Waals surface area (Å²) in [6, 6.07) is 9.19. The molecule has 1 heterocycles. The molecule has 1 aromatic carbocycles. The molecule has 0 spiro atoms. The van der Waals surface area contributed by atoms with Gasteiger partial charge in [0, 0.05) is 31.6 Å². The van der Waals surface area contributed by atoms with Gasteiger partial charge in [0.1, 0.15) is 0 Å². The topological polar surface area (TPSA) is 74.8 Å². The van der Waals surface area contributed by atoms with Crippen LogP contribution in [0.3, 0.4) is 0 Å². The van der Waals surface area contributed by atoms with Crippen LogP contribution in [0.1, 0.15) is 25.3 Å². The molecule has 0 N–H and O–H groups in total. The lowest BCUT2D eigenvalue weighted by atomic mass is 10.2. The molecule has 24 heavy (non-hydrogen) atoms. The first-order valence-corrected chi connectivity index (χ1v) is 11.2. The largest absolute Gasteiger partial charge is 0.236 e. The zero-order valence-corrected chi connectivity index (χ0v) is 15.5. The van der Waals surface area contributed by atoms with E-state index >= 15 is 0 Å². The van der Waals surface area contributed by atoms with Crippen LogP contribution in [0.15, 0.2) is 35.7 Å². The fourth-order valence-corrected chi connectivity index (χ4v) is 5.28. The molecule has 1 aromatic rings. The quantitative estimate of drug-likeness (QED) is 0.731. The van der Waals surface area contributed by atoms with Crippen molar-refractivity contribution in [2.24, 2.45) is 0 Å². The van der Waals surface area contributed by atoms with Gasteiger partial charge < -0.3 is 0 Å². The molecule has 1 saturated heterocycles. The van der Waals surface area contributed by atoms with Gasteiger partial charge in [0.25, 0.3) is 0 Å². The monoisotopic (exact) mass is 372 g/mol. The maximum atomic E-state index is 12.4. The lowest BCUT2D eigenvalue weighted by molar-refractivity contribution is 0.274. The van der Waals surface area contributed by atoms with Gasteiger partial charge in [0.2, 0.25) is 20.0 Å². The Morgan fingerprint density at radius 3 is 2.12 bits per heavy atom. The number of benzene rings is 1. The molecule has 0 aliphatic carbocycles. The molecule has 0 bridgehead atoms. The first kappa shape index (κ1) is 19.1. The average Bonchev–Trinajstić information content (AvgIpc) is 2.59. The zero-order valence-electron chi connectivity index (χ0n) is 13.8. The molecule has 8 heteroatoms. The lowest BCUT2D eigenvalue weighted by Gasteiger charge is -2.32. The summed E-state index contributed by atoms with van der Waals surface area (Å²) < 4.78 is 51.8. The Morgan fingerprint density at radius 1 is 0.958 bits per heavy atom. The van der Waals surface area contributed by atoms with E-state index < -0.39 is 20.0 Å². The van der Waals surface area contributed by atoms with Crippen molar-refractivity contribution in [3.8, 4) is 0 Å². The first-order valence-electron chi connectivity index (χ1n) is 8.06. The van der Waals surface area contributed by atoms with E-state index in [0.29, 0.717) is 6.42 Å². The van der Waals surface area contributed by atoms with Crippen molar-refractivity contribution in [2.75, 3.05) is 31.9 Å². The molecule has 0 unspecified atom stereocenters. The molecule has 1 aliphatic heterocycles. The fourth-order valence-electron chi connectivity index (χ4n) is 2.47. The van der Waals surface area contributed by atoms with E-state index in [-0.39, 0.29) is 31.9 Å². The van der Waals surface area contributed by atoms with Gasteiger partial charge in [0.05, 0.1) is 5.75 Å². The first-order chi connectivity index (χ1) is 11.3. The lowest BCUT2D eigenvalue weighted by Crippen LogP contribution is -2.50. The van der Waals surface area contributed by atoms with Gasteiger partial charge in [-0.2, -0.15) is 8.61 Å². The summed E-state index contributed by atoms with van der Waals surface area (Å²) in [6.45, 7) is 2.74. The van der Waals surface area contributed by atoms with E-state index in [1.807, 2.05) is 37.3 Å². The zero-order chi connectivity index (χ0) is 17.6. The second kappa shape index (κ2) is 8.24. The predicted octanol–water partition coefficient (Wildman–Crippen LogP) is 1.73. The van der Waals surface area contributed by atoms with E-state index in [2.05, 4.69) is 0 Å². The summed E-state index contributed by atoms with van der Waals surface area (Å²) >= 11 is 0. The minimum absolute atomic E-state index is 0.129. The van der Waals surface area contributed by atoms with Gasteiger partial charge in [-0.15, -0.1) is 0 Å². The van der Waals surface area contributed by atoms with Gasteiger partial charge in [-0.3, -0.25) is 0 Å². The van der Waals surface area contributed by atoms with Crippen molar-refractivity contribution < 1.29 is 16.8 Å². The molecule has 2 rings (SSSR count). The second-order valence-corrected chi connectivity index (χ2v) is 9.63. The van der Waals surface area contributed by atoms with Crippen LogP contribution in [-0.4, -0.2) is 57.4 Å². The molecular formula is C16H24N2O4S2. The van der Waals surface area contributed by atoms with Crippen molar-refractivity contribution in [2.45, 2.75) is 19.8 Å². The molecule has 1 aliphatic rings. The summed E-state index contributed by atoms with van der Waals surface area (Å²) in [5.74, 6) is 0.129. The second-order valence-electron chi connectivity index (χ2n) is 5.73. The Labute approximate surface area is 144 Å². The number of unbranched alkanes of at least 4 members (excludes halogenated alkanes) is 1. The Kier molecular flexibility index (Phi) is 6.56. The molecular weight excluding hydrogens is 348 g/mol. The van der Waals surface area contributed by atoms with Crippen LogP contribution in [0.5, 0.6) is 0 Å². The number of rotatable bonds is 7. The standard InChI is InChI=1S/C16H24N2O4S2/c1-2-3-14-23(19,20)17-10-12-18(13-11-17)24(21,22)15-9-16-7-5-4-6-8-16/h4-9,15H,2-3,10-14H2,1H3/b15-9+. The summed E-state index contributed by atoms with van der Waals surface area (Å²) in [5, 5.41) is 1.18. The van der Waals surface area contributed by atoms with E-state index in [1.54, 1.807) is 6.08 Å². The minimum Gasteiger partial charge on any atom is -0.212 e. The Bertz CT molecular complexity index is 751. The molecule has 0 saturated carbocycles. The maximum absolute atomic E-state index is 12.4. The number of hydrogen-bond donors (Lipinski definition) is 0. The van der Waals surface area contributed by atoms with E-state index in [9.17, 15) is 16.8 Å². The summed E-state index contributed by atoms with van der Waals surface area (Å²) in [6.07, 6.45) is 3.00. The maximum Gasteiger partial charge on any atom is 0.236 e. The van der Waals surface area contributed by atoms with Crippen molar-refractivity contribution in [3.63, 3.8) is 0 Å². The molecule has 1 fully saturated rings. The third-order valence-corrected chi connectivity index (χ3v) is 7.46. The number of hydrogen-bond acceptors (Lipinski definition) is 4. The van der Waals surface area contributed by atoms with Crippen LogP contribution in [0, 0.1) is 0 Å². The third-order valence-electron chi connectivity index (χ3n) is 3.94. The van der Waals surface area contributed by atoms with Gasteiger partial charge in [-0.05, 0) is 18.1 Å². The number of nitrogens with zero attached hydrogens (tertiary/aromatic N) is 2. The normalized spacial score (nSPS) is 18.2. The summed E-state index contributed by atoms with van der Waals surface area (Å²) in [7, 11) is -6.81. The Morgan fingerprint density at radius 2 is 1.54 bits per heavy atom. The summed E-state index contributed by atoms with van der Waals surface area (Å²) in [4.78, 5) is 0. The van der Waals surface area contributed by atoms with Gasteiger partial charge in [-0.25, -0.2) is 16.8 Å². The van der Waals surface area contributed by atoms with Crippen molar-refractivity contribution in [1.29, 1.82) is 0 Å². The highest BCUT2D eigenvalue weighted by Crippen LogP contribution is 2.14. The Hall–Kier alpha value is -1.22. The van der Waals surface area contributed by atoms with Gasteiger partial charge in [0.15, 0.2) is 0 Å². The van der Waals surface area contributed by atoms with Crippen LogP contribution in [0.4, 0.5) is 0 Å². The minimum atomic E-state index is -3.54. The molecule has 0 amide bonds. The molecule has 0 atom stereocenters. The molecule has 6 nitrogen and oxygen atoms in total. The van der Waals surface area contributed by atoms with Crippen molar-refractivity contribution in [1.82, 2.24) is 8.61 Å². The van der Waals surface area contributed by atoms with E-state index in [1.165, 1.54) is 14.0 Å². The van der Waals surface area contributed by atoms with E-state index in [0.717, 1.165) is 12.0 Å². The fraction of sp³-hybridized carbons (Fsp3) is 0.500. The van der Waals surface area contributed by atoms with E-state index in [4.69, 9.17) is 0 Å². The van der Waals surface area contributed by atoms with Crippen LogP contribution >= 0.6 is 0 Å². The Balaban J connectivity index is 1.97.